The number of rotatable bonds is 2. The molecule has 2 atom stereocenters. The number of amides is 1. The summed E-state index contributed by atoms with van der Waals surface area (Å²) in [7, 11) is 0. The van der Waals surface area contributed by atoms with Gasteiger partial charge in [-0.05, 0) is 12.8 Å². The normalized spacial score (nSPS) is 30.4. The quantitative estimate of drug-likeness (QED) is 0.637. The van der Waals surface area contributed by atoms with Gasteiger partial charge in [-0.3, -0.25) is 14.9 Å². The van der Waals surface area contributed by atoms with Crippen LogP contribution in [-0.4, -0.2) is 60.3 Å². The first-order chi connectivity index (χ1) is 7.68. The summed E-state index contributed by atoms with van der Waals surface area (Å²) >= 11 is 0. The molecule has 0 aromatic heterocycles. The van der Waals surface area contributed by atoms with Crippen molar-refractivity contribution in [3.8, 4) is 0 Å². The first-order valence-corrected chi connectivity index (χ1v) is 5.54. The van der Waals surface area contributed by atoms with Crippen LogP contribution in [0.2, 0.25) is 0 Å². The third kappa shape index (κ3) is 2.33. The number of carboxylic acids is 1. The van der Waals surface area contributed by atoms with Crippen LogP contribution in [0.3, 0.4) is 0 Å². The molecular formula is C10H16N2O4. The lowest BCUT2D eigenvalue weighted by atomic mass is 10.1. The fraction of sp³-hybridized carbons (Fsp3) is 0.800. The number of aliphatic carboxylic acids is 1. The van der Waals surface area contributed by atoms with Gasteiger partial charge in [0.15, 0.2) is 0 Å². The summed E-state index contributed by atoms with van der Waals surface area (Å²) in [6.07, 6.45) is 1.13. The number of carboxylic acid groups (broad SMARTS) is 1. The van der Waals surface area contributed by atoms with Crippen molar-refractivity contribution in [2.75, 3.05) is 26.3 Å². The number of morpholine rings is 1. The molecule has 0 bridgehead atoms. The summed E-state index contributed by atoms with van der Waals surface area (Å²) in [6.45, 7) is 2.35. The van der Waals surface area contributed by atoms with E-state index in [0.29, 0.717) is 39.1 Å². The van der Waals surface area contributed by atoms with E-state index in [4.69, 9.17) is 9.84 Å². The summed E-state index contributed by atoms with van der Waals surface area (Å²) in [4.78, 5) is 24.5. The average molecular weight is 228 g/mol. The number of hydrogen-bond acceptors (Lipinski definition) is 4. The van der Waals surface area contributed by atoms with E-state index in [1.807, 2.05) is 0 Å². The van der Waals surface area contributed by atoms with Crippen molar-refractivity contribution in [1.82, 2.24) is 10.2 Å². The van der Waals surface area contributed by atoms with Crippen molar-refractivity contribution in [3.63, 3.8) is 0 Å². The second-order valence-electron chi connectivity index (χ2n) is 4.13. The van der Waals surface area contributed by atoms with Crippen LogP contribution < -0.4 is 5.32 Å². The van der Waals surface area contributed by atoms with Crippen LogP contribution in [0, 0.1) is 0 Å². The molecule has 6 heteroatoms. The van der Waals surface area contributed by atoms with Gasteiger partial charge in [-0.25, -0.2) is 0 Å². The van der Waals surface area contributed by atoms with Gasteiger partial charge in [0.25, 0.3) is 0 Å². The lowest BCUT2D eigenvalue weighted by Crippen LogP contribution is -2.50. The van der Waals surface area contributed by atoms with Gasteiger partial charge in [0.1, 0.15) is 6.04 Å². The second kappa shape index (κ2) is 4.80. The summed E-state index contributed by atoms with van der Waals surface area (Å²) < 4.78 is 5.16. The van der Waals surface area contributed by atoms with Crippen molar-refractivity contribution in [3.05, 3.63) is 0 Å². The highest BCUT2D eigenvalue weighted by Gasteiger charge is 2.35. The van der Waals surface area contributed by atoms with Crippen molar-refractivity contribution < 1.29 is 19.4 Å². The summed E-state index contributed by atoms with van der Waals surface area (Å²) in [5, 5.41) is 11.7. The third-order valence-electron chi connectivity index (χ3n) is 3.07. The maximum atomic E-state index is 12.0. The summed E-state index contributed by atoms with van der Waals surface area (Å²) in [6, 6.07) is -0.908. The van der Waals surface area contributed by atoms with Crippen LogP contribution in [0.25, 0.3) is 0 Å². The minimum Gasteiger partial charge on any atom is -0.480 e. The molecule has 6 nitrogen and oxygen atoms in total. The van der Waals surface area contributed by atoms with E-state index in [2.05, 4.69) is 5.32 Å². The van der Waals surface area contributed by atoms with Gasteiger partial charge in [0, 0.05) is 13.1 Å². The molecule has 0 aromatic rings. The minimum absolute atomic E-state index is 0.00653. The molecule has 0 radical (unpaired) electrons. The summed E-state index contributed by atoms with van der Waals surface area (Å²) in [5.41, 5.74) is 0. The highest BCUT2D eigenvalue weighted by Crippen LogP contribution is 2.15. The first-order valence-electron chi connectivity index (χ1n) is 5.54. The van der Waals surface area contributed by atoms with Crippen LogP contribution in [0.15, 0.2) is 0 Å². The molecule has 2 fully saturated rings. The zero-order valence-electron chi connectivity index (χ0n) is 9.02. The van der Waals surface area contributed by atoms with Crippen molar-refractivity contribution >= 4 is 11.9 Å². The van der Waals surface area contributed by atoms with Crippen LogP contribution in [0.4, 0.5) is 0 Å². The maximum Gasteiger partial charge on any atom is 0.320 e. The maximum absolute atomic E-state index is 12.0. The molecule has 0 aromatic carbocycles. The molecule has 16 heavy (non-hydrogen) atoms. The Kier molecular flexibility index (Phi) is 3.40. The number of ether oxygens (including phenoxy) is 1. The molecular weight excluding hydrogens is 212 g/mol. The lowest BCUT2D eigenvalue weighted by Gasteiger charge is -2.29. The second-order valence-corrected chi connectivity index (χ2v) is 4.13. The van der Waals surface area contributed by atoms with Crippen LogP contribution in [0.1, 0.15) is 12.8 Å². The van der Waals surface area contributed by atoms with Crippen LogP contribution in [-0.2, 0) is 14.3 Å². The van der Waals surface area contributed by atoms with Gasteiger partial charge in [-0.2, -0.15) is 0 Å². The van der Waals surface area contributed by atoms with E-state index in [-0.39, 0.29) is 11.9 Å². The molecule has 2 aliphatic heterocycles. The van der Waals surface area contributed by atoms with E-state index < -0.39 is 12.0 Å². The van der Waals surface area contributed by atoms with Crippen molar-refractivity contribution in [1.29, 1.82) is 0 Å². The Bertz CT molecular complexity index is 289. The Morgan fingerprint density at radius 1 is 1.19 bits per heavy atom. The van der Waals surface area contributed by atoms with E-state index >= 15 is 0 Å². The van der Waals surface area contributed by atoms with E-state index in [1.54, 1.807) is 4.90 Å². The number of carbonyl (C=O) groups excluding carboxylic acids is 1. The van der Waals surface area contributed by atoms with Gasteiger partial charge in [0.2, 0.25) is 5.91 Å². The zero-order chi connectivity index (χ0) is 11.5. The van der Waals surface area contributed by atoms with E-state index in [9.17, 15) is 9.59 Å². The molecule has 2 saturated heterocycles. The predicted molar refractivity (Wildman–Crippen MR) is 55.0 cm³/mol. The Morgan fingerprint density at radius 2 is 1.81 bits per heavy atom. The molecule has 90 valence electrons. The predicted octanol–water partition coefficient (Wildman–Crippen LogP) is -0.950. The number of carbonyl (C=O) groups is 2. The zero-order valence-corrected chi connectivity index (χ0v) is 9.02. The molecule has 2 rings (SSSR count). The Labute approximate surface area is 93.6 Å². The Morgan fingerprint density at radius 3 is 2.38 bits per heavy atom. The Balaban J connectivity index is 1.88. The SMILES string of the molecule is O=C(O)[C@@H]1CC[C@@H](C(=O)N2CCOCC2)N1. The van der Waals surface area contributed by atoms with Crippen molar-refractivity contribution in [2.45, 2.75) is 24.9 Å². The highest BCUT2D eigenvalue weighted by molar-refractivity contribution is 5.84. The molecule has 2 aliphatic rings. The summed E-state index contributed by atoms with van der Waals surface area (Å²) in [5.74, 6) is -0.871. The topological polar surface area (TPSA) is 78.9 Å². The number of hydrogen-bond donors (Lipinski definition) is 2. The molecule has 2 heterocycles. The van der Waals surface area contributed by atoms with Crippen LogP contribution in [0.5, 0.6) is 0 Å². The average Bonchev–Trinajstić information content (AvgIpc) is 2.78. The molecule has 0 unspecified atom stereocenters. The van der Waals surface area contributed by atoms with Gasteiger partial charge < -0.3 is 14.7 Å². The fourth-order valence-corrected chi connectivity index (χ4v) is 2.14. The van der Waals surface area contributed by atoms with E-state index in [0.717, 1.165) is 0 Å². The molecule has 0 aliphatic carbocycles. The molecule has 2 N–H and O–H groups in total. The minimum atomic E-state index is -0.878. The highest BCUT2D eigenvalue weighted by atomic mass is 16.5. The first kappa shape index (κ1) is 11.3. The molecule has 0 saturated carbocycles. The van der Waals surface area contributed by atoms with Gasteiger partial charge in [-0.15, -0.1) is 0 Å². The lowest BCUT2D eigenvalue weighted by molar-refractivity contribution is -0.139. The van der Waals surface area contributed by atoms with E-state index in [1.165, 1.54) is 0 Å². The molecule has 0 spiro atoms. The number of nitrogens with zero attached hydrogens (tertiary/aromatic N) is 1. The number of nitrogens with one attached hydrogen (secondary N) is 1. The van der Waals surface area contributed by atoms with Gasteiger partial charge >= 0.3 is 5.97 Å². The Hall–Kier alpha value is -1.14. The smallest absolute Gasteiger partial charge is 0.320 e. The van der Waals surface area contributed by atoms with Gasteiger partial charge in [0.05, 0.1) is 19.3 Å². The molecule has 1 amide bonds. The van der Waals surface area contributed by atoms with Crippen molar-refractivity contribution in [2.24, 2.45) is 0 Å². The monoisotopic (exact) mass is 228 g/mol. The fourth-order valence-electron chi connectivity index (χ4n) is 2.14. The standard InChI is InChI=1S/C10H16N2O4/c13-9(12-3-5-16-6-4-12)7-1-2-8(11-7)10(14)15/h7-8,11H,1-6H2,(H,14,15)/t7-,8-/m0/s1. The van der Waals surface area contributed by atoms with Gasteiger partial charge in [-0.1, -0.05) is 0 Å². The largest absolute Gasteiger partial charge is 0.480 e. The van der Waals surface area contributed by atoms with Crippen LogP contribution >= 0.6 is 0 Å². The third-order valence-corrected chi connectivity index (χ3v) is 3.07.